The molecule has 5 heteroatoms. The van der Waals surface area contributed by atoms with Crippen LogP contribution in [0.3, 0.4) is 0 Å². The van der Waals surface area contributed by atoms with E-state index in [0.717, 1.165) is 5.56 Å². The number of nitrogens with two attached hydrogens (primary N) is 2. The Morgan fingerprint density at radius 3 is 2.65 bits per heavy atom. The predicted octanol–water partition coefficient (Wildman–Crippen LogP) is 2.00. The molecule has 0 aliphatic rings. The van der Waals surface area contributed by atoms with Crippen molar-refractivity contribution >= 4 is 17.5 Å². The summed E-state index contributed by atoms with van der Waals surface area (Å²) in [5.41, 5.74) is 11.8. The Labute approximate surface area is 106 Å². The van der Waals surface area contributed by atoms with Crippen molar-refractivity contribution < 1.29 is 9.53 Å². The van der Waals surface area contributed by atoms with Gasteiger partial charge in [0, 0.05) is 16.6 Å². The fourth-order valence-electron chi connectivity index (χ4n) is 1.48. The molecule has 1 aromatic rings. The van der Waals surface area contributed by atoms with E-state index < -0.39 is 12.0 Å². The Kier molecular flexibility index (Phi) is 4.78. The van der Waals surface area contributed by atoms with E-state index in [9.17, 15) is 4.79 Å². The molecule has 1 amide bonds. The highest BCUT2D eigenvalue weighted by Gasteiger charge is 2.17. The average molecular weight is 257 g/mol. The minimum absolute atomic E-state index is 0.228. The lowest BCUT2D eigenvalue weighted by Crippen LogP contribution is -2.33. The largest absolute Gasteiger partial charge is 0.480 e. The molecule has 0 bridgehead atoms. The lowest BCUT2D eigenvalue weighted by molar-refractivity contribution is -0.124. The molecule has 2 atom stereocenters. The van der Waals surface area contributed by atoms with Crippen molar-refractivity contribution in [1.82, 2.24) is 0 Å². The summed E-state index contributed by atoms with van der Waals surface area (Å²) in [5.74, 6) is 0.0631. The Morgan fingerprint density at radius 1 is 1.53 bits per heavy atom. The molecule has 2 unspecified atom stereocenters. The van der Waals surface area contributed by atoms with Gasteiger partial charge < -0.3 is 16.2 Å². The molecule has 17 heavy (non-hydrogen) atoms. The van der Waals surface area contributed by atoms with Crippen LogP contribution in [0, 0.1) is 0 Å². The Bertz CT molecular complexity index is 407. The van der Waals surface area contributed by atoms with E-state index >= 15 is 0 Å². The van der Waals surface area contributed by atoms with Gasteiger partial charge in [-0.05, 0) is 31.5 Å². The maximum atomic E-state index is 11.1. The summed E-state index contributed by atoms with van der Waals surface area (Å²) in [5, 5.41) is 0.580. The fraction of sp³-hybridized carbons (Fsp3) is 0.417. The second-order valence-corrected chi connectivity index (χ2v) is 4.32. The molecular weight excluding hydrogens is 240 g/mol. The lowest BCUT2D eigenvalue weighted by atomic mass is 10.1. The topological polar surface area (TPSA) is 78.3 Å². The summed E-state index contributed by atoms with van der Waals surface area (Å²) >= 11 is 5.89. The van der Waals surface area contributed by atoms with Crippen molar-refractivity contribution in [3.8, 4) is 5.75 Å². The standard InChI is InChI=1S/C12H17ClN2O2/c1-3-10(12(15)16)17-11-5-4-8(13)6-9(11)7(2)14/h4-7,10H,3,14H2,1-2H3,(H2,15,16). The number of rotatable bonds is 5. The van der Waals surface area contributed by atoms with Gasteiger partial charge in [0.1, 0.15) is 5.75 Å². The van der Waals surface area contributed by atoms with Gasteiger partial charge in [-0.2, -0.15) is 0 Å². The van der Waals surface area contributed by atoms with Crippen LogP contribution in [-0.2, 0) is 4.79 Å². The van der Waals surface area contributed by atoms with Crippen LogP contribution in [-0.4, -0.2) is 12.0 Å². The van der Waals surface area contributed by atoms with Crippen LogP contribution in [0.15, 0.2) is 18.2 Å². The molecule has 4 nitrogen and oxygen atoms in total. The lowest BCUT2D eigenvalue weighted by Gasteiger charge is -2.18. The van der Waals surface area contributed by atoms with Gasteiger partial charge in [-0.3, -0.25) is 4.79 Å². The molecule has 0 aliphatic heterocycles. The first-order chi connectivity index (χ1) is 7.95. The van der Waals surface area contributed by atoms with Gasteiger partial charge in [0.2, 0.25) is 0 Å². The van der Waals surface area contributed by atoms with E-state index in [4.69, 9.17) is 27.8 Å². The zero-order valence-corrected chi connectivity index (χ0v) is 10.7. The van der Waals surface area contributed by atoms with Crippen molar-refractivity contribution in [2.75, 3.05) is 0 Å². The molecule has 0 fully saturated rings. The molecule has 0 heterocycles. The number of carbonyl (C=O) groups is 1. The molecule has 0 spiro atoms. The van der Waals surface area contributed by atoms with Gasteiger partial charge in [0.05, 0.1) is 0 Å². The Balaban J connectivity index is 3.01. The summed E-state index contributed by atoms with van der Waals surface area (Å²) < 4.78 is 5.56. The SMILES string of the molecule is CCC(Oc1ccc(Cl)cc1C(C)N)C(N)=O. The van der Waals surface area contributed by atoms with Gasteiger partial charge in [-0.25, -0.2) is 0 Å². The molecule has 4 N–H and O–H groups in total. The number of primary amides is 1. The van der Waals surface area contributed by atoms with Crippen LogP contribution in [0.1, 0.15) is 31.9 Å². The molecule has 94 valence electrons. The van der Waals surface area contributed by atoms with Gasteiger partial charge in [0.25, 0.3) is 5.91 Å². The molecule has 1 aromatic carbocycles. The molecule has 0 aromatic heterocycles. The van der Waals surface area contributed by atoms with Crippen LogP contribution >= 0.6 is 11.6 Å². The van der Waals surface area contributed by atoms with Crippen molar-refractivity contribution in [1.29, 1.82) is 0 Å². The van der Waals surface area contributed by atoms with E-state index in [1.165, 1.54) is 0 Å². The molecule has 1 rings (SSSR count). The van der Waals surface area contributed by atoms with Gasteiger partial charge >= 0.3 is 0 Å². The van der Waals surface area contributed by atoms with E-state index in [-0.39, 0.29) is 6.04 Å². The molecule has 0 radical (unpaired) electrons. The normalized spacial score (nSPS) is 14.1. The summed E-state index contributed by atoms with van der Waals surface area (Å²) in [4.78, 5) is 11.1. The predicted molar refractivity (Wildman–Crippen MR) is 68.0 cm³/mol. The van der Waals surface area contributed by atoms with Crippen molar-refractivity contribution in [3.05, 3.63) is 28.8 Å². The van der Waals surface area contributed by atoms with Crippen LogP contribution < -0.4 is 16.2 Å². The zero-order valence-electron chi connectivity index (χ0n) is 9.94. The van der Waals surface area contributed by atoms with E-state index in [0.29, 0.717) is 17.2 Å². The maximum absolute atomic E-state index is 11.1. The van der Waals surface area contributed by atoms with Crippen molar-refractivity contribution in [2.45, 2.75) is 32.4 Å². The highest BCUT2D eigenvalue weighted by Crippen LogP contribution is 2.28. The number of halogens is 1. The number of hydrogen-bond acceptors (Lipinski definition) is 3. The number of carbonyl (C=O) groups excluding carboxylic acids is 1. The minimum Gasteiger partial charge on any atom is -0.480 e. The van der Waals surface area contributed by atoms with Crippen LogP contribution in [0.5, 0.6) is 5.75 Å². The van der Waals surface area contributed by atoms with Gasteiger partial charge in [-0.15, -0.1) is 0 Å². The fourth-order valence-corrected chi connectivity index (χ4v) is 1.66. The third-order valence-electron chi connectivity index (χ3n) is 2.42. The summed E-state index contributed by atoms with van der Waals surface area (Å²) in [6.45, 7) is 3.65. The van der Waals surface area contributed by atoms with Crippen LogP contribution in [0.25, 0.3) is 0 Å². The van der Waals surface area contributed by atoms with Crippen molar-refractivity contribution in [3.63, 3.8) is 0 Å². The highest BCUT2D eigenvalue weighted by atomic mass is 35.5. The maximum Gasteiger partial charge on any atom is 0.258 e. The number of ether oxygens (including phenoxy) is 1. The summed E-state index contributed by atoms with van der Waals surface area (Å²) in [7, 11) is 0. The van der Waals surface area contributed by atoms with E-state index in [2.05, 4.69) is 0 Å². The minimum atomic E-state index is -0.645. The van der Waals surface area contributed by atoms with Gasteiger partial charge in [0.15, 0.2) is 6.10 Å². The van der Waals surface area contributed by atoms with Crippen molar-refractivity contribution in [2.24, 2.45) is 11.5 Å². The highest BCUT2D eigenvalue weighted by molar-refractivity contribution is 6.30. The monoisotopic (exact) mass is 256 g/mol. The quantitative estimate of drug-likeness (QED) is 0.846. The molecule has 0 saturated heterocycles. The Hall–Kier alpha value is -1.26. The number of amides is 1. The first-order valence-electron chi connectivity index (χ1n) is 5.46. The summed E-state index contributed by atoms with van der Waals surface area (Å²) in [6.07, 6.45) is -0.134. The van der Waals surface area contributed by atoms with E-state index in [1.54, 1.807) is 18.2 Å². The van der Waals surface area contributed by atoms with E-state index in [1.807, 2.05) is 13.8 Å². The first-order valence-corrected chi connectivity index (χ1v) is 5.84. The van der Waals surface area contributed by atoms with Crippen LogP contribution in [0.4, 0.5) is 0 Å². The second-order valence-electron chi connectivity index (χ2n) is 3.89. The molecule has 0 aliphatic carbocycles. The Morgan fingerprint density at radius 2 is 2.18 bits per heavy atom. The first kappa shape index (κ1) is 13.8. The number of benzene rings is 1. The van der Waals surface area contributed by atoms with Gasteiger partial charge in [-0.1, -0.05) is 18.5 Å². The molecule has 0 saturated carbocycles. The average Bonchev–Trinajstić information content (AvgIpc) is 2.26. The number of hydrogen-bond donors (Lipinski definition) is 2. The molecular formula is C12H17ClN2O2. The third-order valence-corrected chi connectivity index (χ3v) is 2.65. The van der Waals surface area contributed by atoms with Crippen LogP contribution in [0.2, 0.25) is 5.02 Å². The smallest absolute Gasteiger partial charge is 0.258 e. The zero-order chi connectivity index (χ0) is 13.0. The third kappa shape index (κ3) is 3.61. The second kappa shape index (κ2) is 5.89. The summed E-state index contributed by atoms with van der Waals surface area (Å²) in [6, 6.07) is 4.90.